The van der Waals surface area contributed by atoms with E-state index in [2.05, 4.69) is 18.6 Å². The average Bonchev–Trinajstić information content (AvgIpc) is 1.95. The van der Waals surface area contributed by atoms with Gasteiger partial charge in [-0.2, -0.15) is 0 Å². The van der Waals surface area contributed by atoms with Crippen molar-refractivity contribution < 1.29 is 14.6 Å². The van der Waals surface area contributed by atoms with Gasteiger partial charge in [-0.05, 0) is 12.3 Å². The molecule has 0 aliphatic carbocycles. The highest BCUT2D eigenvalue weighted by Crippen LogP contribution is 2.07. The second kappa shape index (κ2) is 6.95. The van der Waals surface area contributed by atoms with Gasteiger partial charge < -0.3 is 9.84 Å². The summed E-state index contributed by atoms with van der Waals surface area (Å²) in [6, 6.07) is 0. The third-order valence-corrected chi connectivity index (χ3v) is 1.65. The van der Waals surface area contributed by atoms with E-state index in [0.717, 1.165) is 18.8 Å². The topological polar surface area (TPSA) is 46.5 Å². The van der Waals surface area contributed by atoms with E-state index in [4.69, 9.17) is 5.11 Å². The van der Waals surface area contributed by atoms with Crippen LogP contribution in [0, 0.1) is 5.92 Å². The zero-order valence-corrected chi connectivity index (χ0v) is 7.88. The number of unbranched alkanes of at least 4 members (excludes halogenated alkanes) is 2. The molecule has 0 atom stereocenters. The smallest absolute Gasteiger partial charge is 0.450 e. The molecule has 0 fully saturated rings. The number of carbonyl (C=O) groups is 1. The van der Waals surface area contributed by atoms with Crippen molar-refractivity contribution in [3.63, 3.8) is 0 Å². The molecule has 3 nitrogen and oxygen atoms in total. The van der Waals surface area contributed by atoms with Gasteiger partial charge in [0.25, 0.3) is 0 Å². The Morgan fingerprint density at radius 2 is 2.00 bits per heavy atom. The fraction of sp³-hybridized carbons (Fsp3) is 0.889. The lowest BCUT2D eigenvalue weighted by atomic mass is 10.1. The van der Waals surface area contributed by atoms with E-state index in [1.165, 1.54) is 12.8 Å². The maximum Gasteiger partial charge on any atom is 0.505 e. The van der Waals surface area contributed by atoms with E-state index in [1.54, 1.807) is 0 Å². The van der Waals surface area contributed by atoms with E-state index in [9.17, 15) is 4.79 Å². The molecule has 0 amide bonds. The van der Waals surface area contributed by atoms with Crippen LogP contribution in [0.25, 0.3) is 0 Å². The molecule has 0 aliphatic rings. The van der Waals surface area contributed by atoms with Crippen molar-refractivity contribution in [2.75, 3.05) is 6.61 Å². The van der Waals surface area contributed by atoms with Crippen molar-refractivity contribution in [3.05, 3.63) is 0 Å². The van der Waals surface area contributed by atoms with Gasteiger partial charge in [-0.3, -0.25) is 0 Å². The summed E-state index contributed by atoms with van der Waals surface area (Å²) in [4.78, 5) is 9.92. The zero-order valence-electron chi connectivity index (χ0n) is 7.88. The summed E-state index contributed by atoms with van der Waals surface area (Å²) in [5, 5.41) is 8.14. The first-order valence-electron chi connectivity index (χ1n) is 4.48. The maximum atomic E-state index is 9.92. The van der Waals surface area contributed by atoms with Crippen LogP contribution in [0.2, 0.25) is 0 Å². The van der Waals surface area contributed by atoms with E-state index >= 15 is 0 Å². The van der Waals surface area contributed by atoms with Crippen molar-refractivity contribution in [2.24, 2.45) is 5.92 Å². The fourth-order valence-corrected chi connectivity index (χ4v) is 0.991. The van der Waals surface area contributed by atoms with Gasteiger partial charge in [0.1, 0.15) is 0 Å². The molecule has 3 heteroatoms. The highest BCUT2D eigenvalue weighted by atomic mass is 16.7. The zero-order chi connectivity index (χ0) is 9.40. The number of hydrogen-bond donors (Lipinski definition) is 1. The van der Waals surface area contributed by atoms with Crippen LogP contribution in [0.3, 0.4) is 0 Å². The minimum atomic E-state index is -1.17. The lowest BCUT2D eigenvalue weighted by molar-refractivity contribution is 0.0899. The Labute approximate surface area is 73.7 Å². The van der Waals surface area contributed by atoms with E-state index in [1.807, 2.05) is 0 Å². The van der Waals surface area contributed by atoms with Crippen molar-refractivity contribution >= 4 is 6.16 Å². The largest absolute Gasteiger partial charge is 0.505 e. The van der Waals surface area contributed by atoms with Crippen LogP contribution < -0.4 is 0 Å². The molecular weight excluding hydrogens is 156 g/mol. The van der Waals surface area contributed by atoms with Crippen LogP contribution >= 0.6 is 0 Å². The van der Waals surface area contributed by atoms with Crippen molar-refractivity contribution in [3.8, 4) is 0 Å². The first-order chi connectivity index (χ1) is 5.63. The predicted molar refractivity (Wildman–Crippen MR) is 47.3 cm³/mol. The Morgan fingerprint density at radius 1 is 1.33 bits per heavy atom. The quantitative estimate of drug-likeness (QED) is 0.497. The minimum absolute atomic E-state index is 0.341. The Bertz CT molecular complexity index is 121. The monoisotopic (exact) mass is 174 g/mol. The van der Waals surface area contributed by atoms with Gasteiger partial charge in [0.15, 0.2) is 0 Å². The van der Waals surface area contributed by atoms with Gasteiger partial charge in [0.05, 0.1) is 6.61 Å². The molecular formula is C9H18O3. The molecule has 0 aromatic heterocycles. The highest BCUT2D eigenvalue weighted by Gasteiger charge is 1.96. The first kappa shape index (κ1) is 11.3. The van der Waals surface area contributed by atoms with Crippen LogP contribution in [0.15, 0.2) is 0 Å². The van der Waals surface area contributed by atoms with E-state index in [0.29, 0.717) is 6.61 Å². The Balaban J connectivity index is 2.96. The summed E-state index contributed by atoms with van der Waals surface area (Å²) in [5.74, 6) is 0.741. The molecule has 72 valence electrons. The molecule has 0 radical (unpaired) electrons. The van der Waals surface area contributed by atoms with E-state index < -0.39 is 6.16 Å². The van der Waals surface area contributed by atoms with Crippen molar-refractivity contribution in [2.45, 2.75) is 39.5 Å². The molecule has 0 aliphatic heterocycles. The summed E-state index contributed by atoms with van der Waals surface area (Å²) >= 11 is 0. The molecule has 0 spiro atoms. The molecule has 0 saturated carbocycles. The number of ether oxygens (including phenoxy) is 1. The Kier molecular flexibility index (Phi) is 6.53. The van der Waals surface area contributed by atoms with Gasteiger partial charge in [-0.25, -0.2) is 4.79 Å². The predicted octanol–water partition coefficient (Wildman–Crippen LogP) is 2.90. The number of carboxylic acid groups (broad SMARTS) is 1. The van der Waals surface area contributed by atoms with E-state index in [-0.39, 0.29) is 0 Å². The van der Waals surface area contributed by atoms with Crippen LogP contribution in [0.1, 0.15) is 39.5 Å². The number of hydrogen-bond acceptors (Lipinski definition) is 2. The molecule has 0 aromatic carbocycles. The Morgan fingerprint density at radius 3 is 2.50 bits per heavy atom. The van der Waals surface area contributed by atoms with Crippen LogP contribution in [-0.2, 0) is 4.74 Å². The second-order valence-electron chi connectivity index (χ2n) is 3.36. The molecule has 0 unspecified atom stereocenters. The van der Waals surface area contributed by atoms with Gasteiger partial charge in [0.2, 0.25) is 0 Å². The SMILES string of the molecule is CC(C)CCCCCOC(=O)O. The lowest BCUT2D eigenvalue weighted by Gasteiger charge is -2.03. The van der Waals surface area contributed by atoms with Gasteiger partial charge in [-0.1, -0.05) is 33.1 Å². The molecule has 0 rings (SSSR count). The third kappa shape index (κ3) is 9.27. The fourth-order valence-electron chi connectivity index (χ4n) is 0.991. The summed E-state index contributed by atoms with van der Waals surface area (Å²) in [6.45, 7) is 4.72. The van der Waals surface area contributed by atoms with Gasteiger partial charge in [0, 0.05) is 0 Å². The average molecular weight is 174 g/mol. The molecule has 0 bridgehead atoms. The molecule has 0 heterocycles. The van der Waals surface area contributed by atoms with Crippen LogP contribution in [0.5, 0.6) is 0 Å². The molecule has 0 aromatic rings. The first-order valence-corrected chi connectivity index (χ1v) is 4.48. The minimum Gasteiger partial charge on any atom is -0.450 e. The molecule has 1 N–H and O–H groups in total. The lowest BCUT2D eigenvalue weighted by Crippen LogP contribution is -2.01. The number of rotatable bonds is 6. The van der Waals surface area contributed by atoms with Gasteiger partial charge >= 0.3 is 6.16 Å². The normalized spacial score (nSPS) is 10.2. The van der Waals surface area contributed by atoms with Crippen LogP contribution in [-0.4, -0.2) is 17.9 Å². The second-order valence-corrected chi connectivity index (χ2v) is 3.36. The van der Waals surface area contributed by atoms with Crippen LogP contribution in [0.4, 0.5) is 4.79 Å². The Hall–Kier alpha value is -0.730. The molecule has 0 saturated heterocycles. The summed E-state index contributed by atoms with van der Waals surface area (Å²) in [5.41, 5.74) is 0. The summed E-state index contributed by atoms with van der Waals surface area (Å²) in [7, 11) is 0. The highest BCUT2D eigenvalue weighted by molar-refractivity contribution is 5.56. The third-order valence-electron chi connectivity index (χ3n) is 1.65. The summed E-state index contributed by atoms with van der Waals surface area (Å²) < 4.78 is 4.37. The standard InChI is InChI=1S/C9H18O3/c1-8(2)6-4-3-5-7-12-9(10)11/h8H,3-7H2,1-2H3,(H,10,11). The van der Waals surface area contributed by atoms with Crippen molar-refractivity contribution in [1.82, 2.24) is 0 Å². The maximum absolute atomic E-state index is 9.92. The summed E-state index contributed by atoms with van der Waals surface area (Å²) in [6.07, 6.45) is 3.12. The van der Waals surface area contributed by atoms with Gasteiger partial charge in [-0.15, -0.1) is 0 Å². The van der Waals surface area contributed by atoms with Crippen molar-refractivity contribution in [1.29, 1.82) is 0 Å². The molecule has 12 heavy (non-hydrogen) atoms.